The van der Waals surface area contributed by atoms with Crippen LogP contribution in [0.3, 0.4) is 0 Å². The molecule has 0 amide bonds. The second-order valence-electron chi connectivity index (χ2n) is 5.36. The van der Waals surface area contributed by atoms with Crippen molar-refractivity contribution in [2.45, 2.75) is 51.0 Å². The Morgan fingerprint density at radius 2 is 2.06 bits per heavy atom. The van der Waals surface area contributed by atoms with Crippen LogP contribution in [0.15, 0.2) is 0 Å². The highest BCUT2D eigenvalue weighted by molar-refractivity contribution is 7.85. The minimum absolute atomic E-state index is 0.259. The van der Waals surface area contributed by atoms with E-state index in [1.807, 2.05) is 6.92 Å². The SMILES string of the molecule is CC(C#N)(CC1CCCC1)NCCCS(=O)(=O)O. The molecule has 1 aliphatic rings. The average Bonchev–Trinajstić information content (AvgIpc) is 2.76. The van der Waals surface area contributed by atoms with Gasteiger partial charge in [-0.2, -0.15) is 13.7 Å². The van der Waals surface area contributed by atoms with Gasteiger partial charge in [0.25, 0.3) is 10.1 Å². The van der Waals surface area contributed by atoms with Crippen LogP contribution < -0.4 is 5.32 Å². The van der Waals surface area contributed by atoms with E-state index in [0.29, 0.717) is 18.9 Å². The standard InChI is InChI=1S/C12H22N2O3S/c1-12(10-13,9-11-5-2-3-6-11)14-7-4-8-18(15,16)17/h11,14H,2-9H2,1H3,(H,15,16,17). The number of hydrogen-bond donors (Lipinski definition) is 2. The van der Waals surface area contributed by atoms with E-state index in [9.17, 15) is 13.7 Å². The molecule has 1 aliphatic carbocycles. The molecule has 0 heterocycles. The summed E-state index contributed by atoms with van der Waals surface area (Å²) in [6.07, 6.45) is 5.99. The second-order valence-corrected chi connectivity index (χ2v) is 6.94. The summed E-state index contributed by atoms with van der Waals surface area (Å²) in [6.45, 7) is 2.29. The van der Waals surface area contributed by atoms with Crippen molar-refractivity contribution in [2.75, 3.05) is 12.3 Å². The summed E-state index contributed by atoms with van der Waals surface area (Å²) in [5.74, 6) is 0.342. The Labute approximate surface area is 109 Å². The Kier molecular flexibility index (Phi) is 5.57. The molecule has 1 atom stereocenters. The summed E-state index contributed by atoms with van der Waals surface area (Å²) in [5.41, 5.74) is -0.589. The fraction of sp³-hybridized carbons (Fsp3) is 0.917. The molecule has 0 aromatic carbocycles. The first kappa shape index (κ1) is 15.4. The van der Waals surface area contributed by atoms with E-state index in [-0.39, 0.29) is 5.75 Å². The van der Waals surface area contributed by atoms with Gasteiger partial charge in [0, 0.05) is 0 Å². The summed E-state index contributed by atoms with van der Waals surface area (Å²) in [7, 11) is -3.89. The minimum Gasteiger partial charge on any atom is -0.300 e. The smallest absolute Gasteiger partial charge is 0.264 e. The molecule has 0 aromatic heterocycles. The fourth-order valence-electron chi connectivity index (χ4n) is 2.57. The monoisotopic (exact) mass is 274 g/mol. The Morgan fingerprint density at radius 3 is 2.56 bits per heavy atom. The van der Waals surface area contributed by atoms with Gasteiger partial charge in [-0.15, -0.1) is 0 Å². The van der Waals surface area contributed by atoms with Gasteiger partial charge in [0.2, 0.25) is 0 Å². The lowest BCUT2D eigenvalue weighted by atomic mass is 9.89. The number of nitriles is 1. The van der Waals surface area contributed by atoms with Crippen molar-refractivity contribution in [3.05, 3.63) is 0 Å². The third kappa shape index (κ3) is 5.80. The van der Waals surface area contributed by atoms with Gasteiger partial charge in [-0.3, -0.25) is 9.87 Å². The number of hydrogen-bond acceptors (Lipinski definition) is 4. The van der Waals surface area contributed by atoms with E-state index in [0.717, 1.165) is 6.42 Å². The van der Waals surface area contributed by atoms with E-state index in [1.165, 1.54) is 25.7 Å². The molecule has 5 nitrogen and oxygen atoms in total. The molecule has 104 valence electrons. The fourth-order valence-corrected chi connectivity index (χ4v) is 3.08. The number of rotatable bonds is 7. The van der Waals surface area contributed by atoms with E-state index in [1.54, 1.807) is 0 Å². The van der Waals surface area contributed by atoms with Crippen molar-refractivity contribution in [3.8, 4) is 6.07 Å². The molecule has 0 radical (unpaired) electrons. The van der Waals surface area contributed by atoms with Crippen molar-refractivity contribution < 1.29 is 13.0 Å². The van der Waals surface area contributed by atoms with E-state index < -0.39 is 15.7 Å². The molecule has 1 fully saturated rings. The lowest BCUT2D eigenvalue weighted by Gasteiger charge is -2.26. The third-order valence-corrected chi connectivity index (χ3v) is 4.32. The van der Waals surface area contributed by atoms with Crippen molar-refractivity contribution in [1.29, 1.82) is 5.26 Å². The predicted molar refractivity (Wildman–Crippen MR) is 69.6 cm³/mol. The molecular formula is C12H22N2O3S. The maximum Gasteiger partial charge on any atom is 0.264 e. The summed E-state index contributed by atoms with van der Waals surface area (Å²) in [6, 6.07) is 2.28. The zero-order chi connectivity index (χ0) is 13.6. The maximum absolute atomic E-state index is 10.6. The summed E-state index contributed by atoms with van der Waals surface area (Å²) < 4.78 is 29.7. The van der Waals surface area contributed by atoms with Crippen LogP contribution in [0.4, 0.5) is 0 Å². The number of nitrogens with one attached hydrogen (secondary N) is 1. The molecular weight excluding hydrogens is 252 g/mol. The van der Waals surface area contributed by atoms with Gasteiger partial charge < -0.3 is 0 Å². The average molecular weight is 274 g/mol. The van der Waals surface area contributed by atoms with Crippen molar-refractivity contribution in [3.63, 3.8) is 0 Å². The van der Waals surface area contributed by atoms with Crippen LogP contribution in [0.1, 0.15) is 45.4 Å². The van der Waals surface area contributed by atoms with Crippen LogP contribution in [-0.2, 0) is 10.1 Å². The Hall–Kier alpha value is -0.640. The maximum atomic E-state index is 10.6. The Bertz CT molecular complexity index is 396. The van der Waals surface area contributed by atoms with Gasteiger partial charge >= 0.3 is 0 Å². The van der Waals surface area contributed by atoms with Crippen LogP contribution >= 0.6 is 0 Å². The number of nitrogens with zero attached hydrogens (tertiary/aromatic N) is 1. The first-order valence-electron chi connectivity index (χ1n) is 6.46. The Morgan fingerprint density at radius 1 is 1.44 bits per heavy atom. The summed E-state index contributed by atoms with van der Waals surface area (Å²) in [5, 5.41) is 12.3. The zero-order valence-corrected chi connectivity index (χ0v) is 11.7. The van der Waals surface area contributed by atoms with Crippen LogP contribution in [-0.4, -0.2) is 30.8 Å². The van der Waals surface area contributed by atoms with Gasteiger partial charge in [0.1, 0.15) is 5.54 Å². The van der Waals surface area contributed by atoms with Gasteiger partial charge in [0.15, 0.2) is 0 Å². The van der Waals surface area contributed by atoms with Gasteiger partial charge in [-0.1, -0.05) is 25.7 Å². The third-order valence-electron chi connectivity index (χ3n) is 3.51. The second kappa shape index (κ2) is 6.50. The molecule has 0 aromatic rings. The zero-order valence-electron chi connectivity index (χ0n) is 10.9. The van der Waals surface area contributed by atoms with Crippen molar-refractivity contribution >= 4 is 10.1 Å². The van der Waals surface area contributed by atoms with Gasteiger partial charge in [-0.05, 0) is 32.2 Å². The van der Waals surface area contributed by atoms with Crippen LogP contribution in [0.5, 0.6) is 0 Å². The highest BCUT2D eigenvalue weighted by Gasteiger charge is 2.29. The first-order chi connectivity index (χ1) is 8.35. The topological polar surface area (TPSA) is 90.2 Å². The lowest BCUT2D eigenvalue weighted by molar-refractivity contribution is 0.340. The largest absolute Gasteiger partial charge is 0.300 e. The summed E-state index contributed by atoms with van der Waals surface area (Å²) >= 11 is 0. The molecule has 1 rings (SSSR count). The molecule has 1 unspecified atom stereocenters. The van der Waals surface area contributed by atoms with Gasteiger partial charge in [0.05, 0.1) is 11.8 Å². The Balaban J connectivity index is 2.33. The molecule has 2 N–H and O–H groups in total. The molecule has 1 saturated carbocycles. The first-order valence-corrected chi connectivity index (χ1v) is 8.07. The lowest BCUT2D eigenvalue weighted by Crippen LogP contribution is -2.43. The predicted octanol–water partition coefficient (Wildman–Crippen LogP) is 1.72. The molecule has 0 bridgehead atoms. The quantitative estimate of drug-likeness (QED) is 0.545. The minimum atomic E-state index is -3.89. The van der Waals surface area contributed by atoms with E-state index >= 15 is 0 Å². The van der Waals surface area contributed by atoms with Crippen LogP contribution in [0, 0.1) is 17.2 Å². The molecule has 18 heavy (non-hydrogen) atoms. The van der Waals surface area contributed by atoms with E-state index in [4.69, 9.17) is 4.55 Å². The highest BCUT2D eigenvalue weighted by atomic mass is 32.2. The van der Waals surface area contributed by atoms with Crippen LogP contribution in [0.2, 0.25) is 0 Å². The molecule has 0 saturated heterocycles. The molecule has 6 heteroatoms. The van der Waals surface area contributed by atoms with Crippen LogP contribution in [0.25, 0.3) is 0 Å². The molecule has 0 spiro atoms. The normalized spacial score (nSPS) is 20.5. The van der Waals surface area contributed by atoms with Gasteiger partial charge in [-0.25, -0.2) is 0 Å². The van der Waals surface area contributed by atoms with Crippen molar-refractivity contribution in [1.82, 2.24) is 5.32 Å². The molecule has 0 aliphatic heterocycles. The highest BCUT2D eigenvalue weighted by Crippen LogP contribution is 2.31. The van der Waals surface area contributed by atoms with E-state index in [2.05, 4.69) is 11.4 Å². The van der Waals surface area contributed by atoms with Crippen molar-refractivity contribution in [2.24, 2.45) is 5.92 Å². The summed E-state index contributed by atoms with van der Waals surface area (Å²) in [4.78, 5) is 0.